The average molecular weight is 391 g/mol. The Kier molecular flexibility index (Phi) is 5.58. The lowest BCUT2D eigenvalue weighted by molar-refractivity contribution is -0.136. The highest BCUT2D eigenvalue weighted by molar-refractivity contribution is 5.96. The number of alkyl halides is 3. The van der Waals surface area contributed by atoms with Crippen molar-refractivity contribution in [3.63, 3.8) is 0 Å². The van der Waals surface area contributed by atoms with Crippen molar-refractivity contribution >= 4 is 23.3 Å². The first-order valence-electron chi connectivity index (χ1n) is 8.82. The zero-order valence-electron chi connectivity index (χ0n) is 15.2. The first-order chi connectivity index (χ1) is 13.2. The lowest BCUT2D eigenvalue weighted by atomic mass is 10.1. The van der Waals surface area contributed by atoms with Gasteiger partial charge in [-0.1, -0.05) is 29.8 Å². The van der Waals surface area contributed by atoms with Crippen molar-refractivity contribution in [2.75, 3.05) is 23.3 Å². The minimum atomic E-state index is -4.56. The Morgan fingerprint density at radius 2 is 1.82 bits per heavy atom. The summed E-state index contributed by atoms with van der Waals surface area (Å²) in [5.74, 6) is -0.157. The lowest BCUT2D eigenvalue weighted by Crippen LogP contribution is -2.34. The van der Waals surface area contributed by atoms with Gasteiger partial charge in [0.25, 0.3) is 0 Å². The number of halogens is 3. The number of para-hydroxylation sites is 1. The molecule has 1 heterocycles. The Morgan fingerprint density at radius 3 is 2.50 bits per heavy atom. The van der Waals surface area contributed by atoms with Crippen molar-refractivity contribution in [2.24, 2.45) is 5.92 Å². The van der Waals surface area contributed by atoms with E-state index in [0.29, 0.717) is 6.54 Å². The zero-order valence-corrected chi connectivity index (χ0v) is 15.2. The first kappa shape index (κ1) is 19.7. The molecule has 0 saturated carbocycles. The number of carbonyl (C=O) groups is 2. The Hall–Kier alpha value is -3.03. The van der Waals surface area contributed by atoms with Crippen LogP contribution in [0.3, 0.4) is 0 Å². The van der Waals surface area contributed by atoms with Crippen LogP contribution in [0.4, 0.5) is 29.3 Å². The Morgan fingerprint density at radius 1 is 1.14 bits per heavy atom. The van der Waals surface area contributed by atoms with Crippen LogP contribution in [0.5, 0.6) is 0 Å². The molecular weight excluding hydrogens is 371 g/mol. The molecule has 1 aliphatic rings. The lowest BCUT2D eigenvalue weighted by Gasteiger charge is -2.18. The van der Waals surface area contributed by atoms with Crippen molar-refractivity contribution in [3.8, 4) is 0 Å². The molecule has 0 bridgehead atoms. The van der Waals surface area contributed by atoms with Gasteiger partial charge in [-0.25, -0.2) is 4.79 Å². The van der Waals surface area contributed by atoms with Crippen LogP contribution in [0, 0.1) is 12.8 Å². The molecule has 0 radical (unpaired) electrons. The number of urea groups is 1. The van der Waals surface area contributed by atoms with Crippen LogP contribution in [0.1, 0.15) is 17.5 Å². The number of rotatable bonds is 4. The molecule has 2 aromatic rings. The molecule has 2 aromatic carbocycles. The molecule has 2 N–H and O–H groups in total. The molecule has 0 aliphatic carbocycles. The van der Waals surface area contributed by atoms with Gasteiger partial charge in [0.15, 0.2) is 0 Å². The number of benzene rings is 2. The molecule has 1 saturated heterocycles. The summed E-state index contributed by atoms with van der Waals surface area (Å²) in [4.78, 5) is 25.9. The summed E-state index contributed by atoms with van der Waals surface area (Å²) in [6, 6.07) is 11.6. The van der Waals surface area contributed by atoms with E-state index < -0.39 is 17.8 Å². The number of hydrogen-bond donors (Lipinski definition) is 2. The molecule has 1 atom stereocenters. The molecular formula is C20H20F3N3O2. The van der Waals surface area contributed by atoms with Gasteiger partial charge >= 0.3 is 12.2 Å². The van der Waals surface area contributed by atoms with E-state index in [0.717, 1.165) is 17.3 Å². The average Bonchev–Trinajstić information content (AvgIpc) is 3.01. The molecule has 3 rings (SSSR count). The Balaban J connectivity index is 1.56. The highest BCUT2D eigenvalue weighted by atomic mass is 19.4. The number of hydrogen-bond acceptors (Lipinski definition) is 2. The molecule has 1 aliphatic heterocycles. The van der Waals surface area contributed by atoms with Crippen LogP contribution < -0.4 is 15.5 Å². The monoisotopic (exact) mass is 391 g/mol. The van der Waals surface area contributed by atoms with Crippen LogP contribution in [0.25, 0.3) is 0 Å². The molecule has 3 amide bonds. The van der Waals surface area contributed by atoms with E-state index in [1.165, 1.54) is 18.2 Å². The minimum absolute atomic E-state index is 0.0431. The largest absolute Gasteiger partial charge is 0.418 e. The molecule has 5 nitrogen and oxygen atoms in total. The maximum Gasteiger partial charge on any atom is 0.418 e. The maximum atomic E-state index is 13.0. The fourth-order valence-corrected chi connectivity index (χ4v) is 3.14. The molecule has 0 aromatic heterocycles. The SMILES string of the molecule is Cc1ccc(N2C[C@@H](CNC(=O)Nc3ccccc3C(F)(F)F)CC2=O)cc1. The van der Waals surface area contributed by atoms with Crippen LogP contribution in [0.15, 0.2) is 48.5 Å². The Bertz CT molecular complexity index is 866. The van der Waals surface area contributed by atoms with Crippen molar-refractivity contribution < 1.29 is 22.8 Å². The topological polar surface area (TPSA) is 61.4 Å². The van der Waals surface area contributed by atoms with Crippen LogP contribution in [0.2, 0.25) is 0 Å². The van der Waals surface area contributed by atoms with Gasteiger partial charge in [-0.2, -0.15) is 13.2 Å². The Labute approximate surface area is 160 Å². The van der Waals surface area contributed by atoms with Gasteiger partial charge in [-0.15, -0.1) is 0 Å². The molecule has 0 spiro atoms. The summed E-state index contributed by atoms with van der Waals surface area (Å²) >= 11 is 0. The summed E-state index contributed by atoms with van der Waals surface area (Å²) in [5.41, 5.74) is 0.661. The van der Waals surface area contributed by atoms with Gasteiger partial charge in [-0.05, 0) is 31.2 Å². The van der Waals surface area contributed by atoms with Crippen molar-refractivity contribution in [1.29, 1.82) is 0 Å². The first-order valence-corrected chi connectivity index (χ1v) is 8.82. The third-order valence-electron chi connectivity index (χ3n) is 4.58. The summed E-state index contributed by atoms with van der Waals surface area (Å²) in [5, 5.41) is 4.79. The quantitative estimate of drug-likeness (QED) is 0.821. The highest BCUT2D eigenvalue weighted by Crippen LogP contribution is 2.34. The van der Waals surface area contributed by atoms with E-state index in [4.69, 9.17) is 0 Å². The summed E-state index contributed by atoms with van der Waals surface area (Å²) in [6.45, 7) is 2.59. The van der Waals surface area contributed by atoms with Crippen LogP contribution in [-0.4, -0.2) is 25.0 Å². The summed E-state index contributed by atoms with van der Waals surface area (Å²) in [6.07, 6.45) is -4.29. The van der Waals surface area contributed by atoms with Gasteiger partial charge in [0, 0.05) is 31.1 Å². The number of carbonyl (C=O) groups excluding carboxylic acids is 2. The van der Waals surface area contributed by atoms with Gasteiger partial charge in [0.2, 0.25) is 5.91 Å². The smallest absolute Gasteiger partial charge is 0.338 e. The van der Waals surface area contributed by atoms with Crippen LogP contribution >= 0.6 is 0 Å². The van der Waals surface area contributed by atoms with Crippen molar-refractivity contribution in [1.82, 2.24) is 5.32 Å². The van der Waals surface area contributed by atoms with Gasteiger partial charge in [0.05, 0.1) is 11.3 Å². The molecule has 1 fully saturated rings. The second-order valence-corrected chi connectivity index (χ2v) is 6.79. The number of amides is 3. The standard InChI is InChI=1S/C20H20F3N3O2/c1-13-6-8-15(9-7-13)26-12-14(10-18(26)27)11-24-19(28)25-17-5-3-2-4-16(17)20(21,22)23/h2-9,14H,10-12H2,1H3,(H2,24,25,28)/t14-/m1/s1. The van der Waals surface area contributed by atoms with Gasteiger partial charge in [0.1, 0.15) is 0 Å². The number of nitrogens with zero attached hydrogens (tertiary/aromatic N) is 1. The molecule has 148 valence electrons. The van der Waals surface area contributed by atoms with Crippen molar-refractivity contribution in [3.05, 3.63) is 59.7 Å². The zero-order chi connectivity index (χ0) is 20.3. The fourth-order valence-electron chi connectivity index (χ4n) is 3.14. The molecule has 8 heteroatoms. The number of nitrogens with one attached hydrogen (secondary N) is 2. The van der Waals surface area contributed by atoms with E-state index in [1.807, 2.05) is 31.2 Å². The third kappa shape index (κ3) is 4.62. The summed E-state index contributed by atoms with van der Waals surface area (Å²) in [7, 11) is 0. The van der Waals surface area contributed by atoms with E-state index in [9.17, 15) is 22.8 Å². The van der Waals surface area contributed by atoms with E-state index in [2.05, 4.69) is 10.6 Å². The predicted octanol–water partition coefficient (Wildman–Crippen LogP) is 4.19. The highest BCUT2D eigenvalue weighted by Gasteiger charge is 2.34. The second-order valence-electron chi connectivity index (χ2n) is 6.79. The normalized spacial score (nSPS) is 16.9. The second kappa shape index (κ2) is 7.92. The van der Waals surface area contributed by atoms with E-state index in [1.54, 1.807) is 4.90 Å². The van der Waals surface area contributed by atoms with Crippen molar-refractivity contribution in [2.45, 2.75) is 19.5 Å². The number of anilines is 2. The third-order valence-corrected chi connectivity index (χ3v) is 4.58. The van der Waals surface area contributed by atoms with Gasteiger partial charge < -0.3 is 15.5 Å². The number of aryl methyl sites for hydroxylation is 1. The summed E-state index contributed by atoms with van der Waals surface area (Å²) < 4.78 is 39.0. The van der Waals surface area contributed by atoms with Crippen LogP contribution in [-0.2, 0) is 11.0 Å². The van der Waals surface area contributed by atoms with Gasteiger partial charge in [-0.3, -0.25) is 4.79 Å². The van der Waals surface area contributed by atoms with E-state index >= 15 is 0 Å². The van der Waals surface area contributed by atoms with E-state index in [-0.39, 0.29) is 30.5 Å². The minimum Gasteiger partial charge on any atom is -0.338 e. The fraction of sp³-hybridized carbons (Fsp3) is 0.300. The molecule has 0 unspecified atom stereocenters. The molecule has 28 heavy (non-hydrogen) atoms. The predicted molar refractivity (Wildman–Crippen MR) is 100 cm³/mol. The maximum absolute atomic E-state index is 13.0.